The molecule has 2 aromatic carbocycles. The van der Waals surface area contributed by atoms with Crippen LogP contribution in [0.5, 0.6) is 0 Å². The van der Waals surface area contributed by atoms with Gasteiger partial charge in [0.2, 0.25) is 0 Å². The quantitative estimate of drug-likeness (QED) is 0.614. The molecule has 0 fully saturated rings. The minimum absolute atomic E-state index is 0.966. The van der Waals surface area contributed by atoms with Crippen molar-refractivity contribution in [3.63, 3.8) is 0 Å². The Kier molecular flexibility index (Phi) is 5.01. The van der Waals surface area contributed by atoms with Gasteiger partial charge in [-0.15, -0.1) is 23.5 Å². The number of aliphatic imine (C=N–C) groups is 2. The van der Waals surface area contributed by atoms with E-state index >= 15 is 0 Å². The summed E-state index contributed by atoms with van der Waals surface area (Å²) < 4.78 is 0. The molecule has 0 spiro atoms. The Balaban J connectivity index is 2.06. The molecule has 0 atom stereocenters. The van der Waals surface area contributed by atoms with Crippen molar-refractivity contribution in [2.45, 2.75) is 23.6 Å². The van der Waals surface area contributed by atoms with Crippen LogP contribution < -0.4 is 0 Å². The second-order valence-corrected chi connectivity index (χ2v) is 7.30. The van der Waals surface area contributed by atoms with Crippen molar-refractivity contribution in [3.05, 3.63) is 48.5 Å². The zero-order chi connectivity index (χ0) is 15.4. The Hall–Kier alpha value is -1.52. The van der Waals surface area contributed by atoms with Crippen LogP contribution in [0.25, 0.3) is 0 Å². The average molecular weight is 326 g/mol. The van der Waals surface area contributed by atoms with Crippen LogP contribution >= 0.6 is 23.5 Å². The van der Waals surface area contributed by atoms with Gasteiger partial charge in [-0.25, -0.2) is 0 Å². The Morgan fingerprint density at radius 3 is 1.55 bits per heavy atom. The average Bonchev–Trinajstić information content (AvgIpc) is 2.53. The van der Waals surface area contributed by atoms with Gasteiger partial charge in [-0.2, -0.15) is 0 Å². The first kappa shape index (κ1) is 15.4. The van der Waals surface area contributed by atoms with Crippen LogP contribution in [-0.4, -0.2) is 22.9 Å². The van der Waals surface area contributed by atoms with Crippen molar-refractivity contribution >= 4 is 46.3 Å². The number of benzene rings is 2. The third-order valence-corrected chi connectivity index (χ3v) is 5.82. The van der Waals surface area contributed by atoms with Crippen molar-refractivity contribution in [1.82, 2.24) is 0 Å². The van der Waals surface area contributed by atoms with E-state index < -0.39 is 0 Å². The van der Waals surface area contributed by atoms with Gasteiger partial charge in [0.1, 0.15) is 0 Å². The highest BCUT2D eigenvalue weighted by atomic mass is 32.2. The van der Waals surface area contributed by atoms with E-state index in [0.717, 1.165) is 34.3 Å². The summed E-state index contributed by atoms with van der Waals surface area (Å²) in [5, 5.41) is 0. The second kappa shape index (κ2) is 7.16. The van der Waals surface area contributed by atoms with E-state index in [0.29, 0.717) is 0 Å². The lowest BCUT2D eigenvalue weighted by molar-refractivity contribution is 1.33. The van der Waals surface area contributed by atoms with Gasteiger partial charge in [0, 0.05) is 21.3 Å². The van der Waals surface area contributed by atoms with Gasteiger partial charge >= 0.3 is 0 Å². The molecule has 112 valence electrons. The molecule has 0 radical (unpaired) electrons. The van der Waals surface area contributed by atoms with Crippen molar-refractivity contribution in [2.24, 2.45) is 9.98 Å². The summed E-state index contributed by atoms with van der Waals surface area (Å²) in [4.78, 5) is 12.1. The lowest BCUT2D eigenvalue weighted by Crippen LogP contribution is -2.05. The van der Waals surface area contributed by atoms with Gasteiger partial charge in [-0.05, 0) is 38.1 Å². The molecular formula is C18H18N2S2. The summed E-state index contributed by atoms with van der Waals surface area (Å²) in [5.74, 6) is 2.13. The highest BCUT2D eigenvalue weighted by molar-refractivity contribution is 8.03. The normalized spacial score (nSPS) is 15.5. The van der Waals surface area contributed by atoms with E-state index in [4.69, 9.17) is 9.98 Å². The Morgan fingerprint density at radius 2 is 1.09 bits per heavy atom. The molecule has 0 N–H and O–H groups in total. The number of rotatable bonds is 0. The van der Waals surface area contributed by atoms with E-state index in [1.54, 1.807) is 0 Å². The SMILES string of the molecule is CC1=Nc2ccccc2SCCSc2ccccc2N=C1C. The summed E-state index contributed by atoms with van der Waals surface area (Å²) >= 11 is 3.74. The van der Waals surface area contributed by atoms with E-state index in [9.17, 15) is 0 Å². The Bertz CT molecular complexity index is 672. The summed E-state index contributed by atoms with van der Waals surface area (Å²) in [6, 6.07) is 16.7. The fraction of sp³-hybridized carbons (Fsp3) is 0.222. The molecule has 2 aromatic rings. The van der Waals surface area contributed by atoms with Gasteiger partial charge in [0.05, 0.1) is 22.8 Å². The summed E-state index contributed by atoms with van der Waals surface area (Å²) in [5.41, 5.74) is 4.01. The minimum Gasteiger partial charge on any atom is -0.251 e. The van der Waals surface area contributed by atoms with Gasteiger partial charge in [-0.1, -0.05) is 24.3 Å². The Labute approximate surface area is 140 Å². The molecule has 0 unspecified atom stereocenters. The topological polar surface area (TPSA) is 24.7 Å². The number of nitrogens with zero attached hydrogens (tertiary/aromatic N) is 2. The van der Waals surface area contributed by atoms with E-state index in [-0.39, 0.29) is 0 Å². The third-order valence-electron chi connectivity index (χ3n) is 3.43. The number of thioether (sulfide) groups is 2. The first-order valence-electron chi connectivity index (χ1n) is 7.28. The zero-order valence-corrected chi connectivity index (χ0v) is 14.4. The smallest absolute Gasteiger partial charge is 0.0769 e. The van der Waals surface area contributed by atoms with E-state index in [2.05, 4.69) is 36.4 Å². The molecule has 1 heterocycles. The molecule has 0 aromatic heterocycles. The zero-order valence-electron chi connectivity index (χ0n) is 12.7. The van der Waals surface area contributed by atoms with Crippen LogP contribution in [0.2, 0.25) is 0 Å². The molecule has 0 bridgehead atoms. The minimum atomic E-state index is 0.966. The Morgan fingerprint density at radius 1 is 0.682 bits per heavy atom. The fourth-order valence-electron chi connectivity index (χ4n) is 2.17. The van der Waals surface area contributed by atoms with Crippen molar-refractivity contribution in [3.8, 4) is 0 Å². The lowest BCUT2D eigenvalue weighted by atomic mass is 10.2. The molecule has 2 nitrogen and oxygen atoms in total. The van der Waals surface area contributed by atoms with Crippen molar-refractivity contribution in [1.29, 1.82) is 0 Å². The van der Waals surface area contributed by atoms with Crippen LogP contribution in [0.4, 0.5) is 11.4 Å². The molecule has 1 aliphatic rings. The molecule has 3 rings (SSSR count). The highest BCUT2D eigenvalue weighted by Gasteiger charge is 2.08. The summed E-state index contributed by atoms with van der Waals surface area (Å²) in [6.45, 7) is 4.06. The van der Waals surface area contributed by atoms with Crippen LogP contribution in [0.1, 0.15) is 13.8 Å². The predicted molar refractivity (Wildman–Crippen MR) is 99.9 cm³/mol. The standard InChI is InChI=1S/C18H18N2S2/c1-13-14(2)20-16-8-4-6-10-18(16)22-12-11-21-17-9-5-3-7-15(17)19-13/h3-10H,11-12H2,1-2H3. The molecule has 0 saturated carbocycles. The first-order chi connectivity index (χ1) is 10.7. The van der Waals surface area contributed by atoms with Crippen LogP contribution in [0.3, 0.4) is 0 Å². The maximum Gasteiger partial charge on any atom is 0.0769 e. The fourth-order valence-corrected chi connectivity index (χ4v) is 4.15. The largest absolute Gasteiger partial charge is 0.251 e. The number of hydrogen-bond acceptors (Lipinski definition) is 4. The number of para-hydroxylation sites is 2. The number of fused-ring (bicyclic) bond motifs is 2. The maximum atomic E-state index is 4.79. The van der Waals surface area contributed by atoms with Gasteiger partial charge in [-0.3, -0.25) is 9.98 Å². The van der Waals surface area contributed by atoms with Crippen molar-refractivity contribution in [2.75, 3.05) is 11.5 Å². The maximum absolute atomic E-state index is 4.79. The van der Waals surface area contributed by atoms with Gasteiger partial charge in [0.15, 0.2) is 0 Å². The molecule has 0 aliphatic carbocycles. The van der Waals surface area contributed by atoms with Gasteiger partial charge < -0.3 is 0 Å². The molecule has 4 heteroatoms. The van der Waals surface area contributed by atoms with Crippen LogP contribution in [0, 0.1) is 0 Å². The van der Waals surface area contributed by atoms with Crippen LogP contribution in [0.15, 0.2) is 68.3 Å². The predicted octanol–water partition coefficient (Wildman–Crippen LogP) is 5.77. The monoisotopic (exact) mass is 326 g/mol. The molecule has 1 aliphatic heterocycles. The molecular weight excluding hydrogens is 308 g/mol. The number of hydrogen-bond donors (Lipinski definition) is 0. The summed E-state index contributed by atoms with van der Waals surface area (Å²) in [7, 11) is 0. The highest BCUT2D eigenvalue weighted by Crippen LogP contribution is 2.34. The molecule has 0 amide bonds. The van der Waals surface area contributed by atoms with Crippen molar-refractivity contribution < 1.29 is 0 Å². The first-order valence-corrected chi connectivity index (χ1v) is 9.26. The van der Waals surface area contributed by atoms with E-state index in [1.807, 2.05) is 49.5 Å². The summed E-state index contributed by atoms with van der Waals surface area (Å²) in [6.07, 6.45) is 0. The molecule has 22 heavy (non-hydrogen) atoms. The third kappa shape index (κ3) is 3.62. The second-order valence-electron chi connectivity index (χ2n) is 5.03. The molecule has 0 saturated heterocycles. The van der Waals surface area contributed by atoms with E-state index in [1.165, 1.54) is 9.79 Å². The lowest BCUT2D eigenvalue weighted by Gasteiger charge is -2.10. The van der Waals surface area contributed by atoms with Crippen LogP contribution in [-0.2, 0) is 0 Å². The van der Waals surface area contributed by atoms with Gasteiger partial charge in [0.25, 0.3) is 0 Å².